The zero-order valence-corrected chi connectivity index (χ0v) is 14.6. The van der Waals surface area contributed by atoms with Crippen molar-refractivity contribution in [3.63, 3.8) is 0 Å². The van der Waals surface area contributed by atoms with Crippen molar-refractivity contribution in [3.05, 3.63) is 65.7 Å². The van der Waals surface area contributed by atoms with Gasteiger partial charge in [-0.2, -0.15) is 0 Å². The Morgan fingerprint density at radius 1 is 1.16 bits per heavy atom. The van der Waals surface area contributed by atoms with Crippen LogP contribution in [-0.4, -0.2) is 27.8 Å². The number of para-hydroxylation sites is 1. The molecule has 2 aromatic carbocycles. The van der Waals surface area contributed by atoms with Gasteiger partial charge in [0.1, 0.15) is 5.37 Å². The number of carbonyl (C=O) groups is 2. The first-order chi connectivity index (χ1) is 12.1. The van der Waals surface area contributed by atoms with Gasteiger partial charge in [0.2, 0.25) is 0 Å². The molecule has 1 fully saturated rings. The van der Waals surface area contributed by atoms with Crippen molar-refractivity contribution in [2.24, 2.45) is 0 Å². The minimum absolute atomic E-state index is 0.0587. The first-order valence-electron chi connectivity index (χ1n) is 7.43. The van der Waals surface area contributed by atoms with Gasteiger partial charge in [-0.15, -0.1) is 11.8 Å². The summed E-state index contributed by atoms with van der Waals surface area (Å²) in [6.07, 6.45) is 0. The molecule has 2 aromatic rings. The van der Waals surface area contributed by atoms with E-state index in [9.17, 15) is 14.7 Å². The number of hydrogen-bond donors (Lipinski definition) is 2. The summed E-state index contributed by atoms with van der Waals surface area (Å²) in [6, 6.07) is 15.8. The molecular weight excluding hydrogens is 358 g/mol. The summed E-state index contributed by atoms with van der Waals surface area (Å²) in [4.78, 5) is 23.6. The van der Waals surface area contributed by atoms with Crippen LogP contribution in [0.25, 0.3) is 0 Å². The monoisotopic (exact) mass is 372 g/mol. The highest BCUT2D eigenvalue weighted by Crippen LogP contribution is 2.38. The van der Waals surface area contributed by atoms with E-state index in [0.29, 0.717) is 5.56 Å². The van der Waals surface area contributed by atoms with Crippen LogP contribution in [0.5, 0.6) is 0 Å². The largest absolute Gasteiger partial charge is 0.545 e. The van der Waals surface area contributed by atoms with Crippen molar-refractivity contribution in [1.29, 1.82) is 0 Å². The van der Waals surface area contributed by atoms with Crippen LogP contribution in [0.4, 0.5) is 5.69 Å². The van der Waals surface area contributed by atoms with E-state index >= 15 is 0 Å². The van der Waals surface area contributed by atoms with Gasteiger partial charge < -0.3 is 15.2 Å². The van der Waals surface area contributed by atoms with E-state index in [1.54, 1.807) is 18.2 Å². The smallest absolute Gasteiger partial charge is 0.252 e. The summed E-state index contributed by atoms with van der Waals surface area (Å²) in [5, 5.41) is 15.4. The number of benzene rings is 2. The Labute approximate surface area is 154 Å². The fourth-order valence-corrected chi connectivity index (χ4v) is 3.82. The number of thioether (sulfide) groups is 1. The van der Waals surface area contributed by atoms with Crippen LogP contribution in [0.3, 0.4) is 0 Å². The number of aromatic carboxylic acids is 1. The number of thiocarbonyl (C=S) groups is 1. The number of rotatable bonds is 4. The molecule has 6 nitrogen and oxygen atoms in total. The molecule has 1 saturated heterocycles. The second kappa shape index (κ2) is 7.54. The third kappa shape index (κ3) is 3.92. The molecule has 0 aliphatic carbocycles. The Bertz CT molecular complexity index is 814. The molecule has 1 amide bonds. The molecule has 1 aliphatic rings. The third-order valence-corrected chi connectivity index (χ3v) is 4.96. The van der Waals surface area contributed by atoms with E-state index < -0.39 is 11.3 Å². The highest BCUT2D eigenvalue weighted by atomic mass is 32.2. The molecule has 2 N–H and O–H groups in total. The normalized spacial score (nSPS) is 16.6. The molecule has 1 atom stereocenters. The molecule has 0 radical (unpaired) electrons. The van der Waals surface area contributed by atoms with Gasteiger partial charge in [-0.05, 0) is 29.9 Å². The fourth-order valence-electron chi connectivity index (χ4n) is 2.46. The third-order valence-electron chi connectivity index (χ3n) is 3.57. The van der Waals surface area contributed by atoms with Crippen molar-refractivity contribution in [2.75, 3.05) is 11.1 Å². The second-order valence-electron chi connectivity index (χ2n) is 5.23. The number of hydrogen-bond acceptors (Lipinski definition) is 5. The Balaban J connectivity index is 1.79. The standard InChI is InChI=1S/C17H15N3O3S2/c21-14-10-25-15(12-8-4-5-9-13(12)16(22)23)20(14)19-17(24)18-11-6-2-1-3-7-11/h1-9,15H,10H2,(H,22,23)(H2,18,19,24)/p-1/t15-/m1/s1. The van der Waals surface area contributed by atoms with Crippen molar-refractivity contribution in [2.45, 2.75) is 5.37 Å². The van der Waals surface area contributed by atoms with E-state index in [0.717, 1.165) is 5.69 Å². The SMILES string of the molecule is O=C([O-])c1ccccc1[C@H]1SCC(=O)N1NC(=S)Nc1ccccc1. The number of carboxylic acids is 1. The summed E-state index contributed by atoms with van der Waals surface area (Å²) in [5.41, 5.74) is 4.20. The first-order valence-corrected chi connectivity index (χ1v) is 8.88. The Morgan fingerprint density at radius 3 is 2.56 bits per heavy atom. The van der Waals surface area contributed by atoms with Gasteiger partial charge in [0.15, 0.2) is 5.11 Å². The maximum Gasteiger partial charge on any atom is 0.252 e. The predicted octanol–water partition coefficient (Wildman–Crippen LogP) is 1.53. The molecule has 1 heterocycles. The fraction of sp³-hybridized carbons (Fsp3) is 0.118. The lowest BCUT2D eigenvalue weighted by Crippen LogP contribution is -2.46. The quantitative estimate of drug-likeness (QED) is 0.787. The van der Waals surface area contributed by atoms with Gasteiger partial charge in [0, 0.05) is 11.3 Å². The van der Waals surface area contributed by atoms with E-state index in [4.69, 9.17) is 12.2 Å². The number of hydrazine groups is 1. The van der Waals surface area contributed by atoms with Gasteiger partial charge in [-0.25, -0.2) is 5.01 Å². The van der Waals surface area contributed by atoms with E-state index in [-0.39, 0.29) is 22.3 Å². The molecule has 0 unspecified atom stereocenters. The summed E-state index contributed by atoms with van der Waals surface area (Å²) >= 11 is 6.59. The molecule has 0 bridgehead atoms. The summed E-state index contributed by atoms with van der Waals surface area (Å²) < 4.78 is 0. The van der Waals surface area contributed by atoms with Crippen LogP contribution in [0.2, 0.25) is 0 Å². The average Bonchev–Trinajstić information content (AvgIpc) is 2.96. The van der Waals surface area contributed by atoms with E-state index in [1.165, 1.54) is 22.8 Å². The Kier molecular flexibility index (Phi) is 5.20. The van der Waals surface area contributed by atoms with Crippen LogP contribution >= 0.6 is 24.0 Å². The van der Waals surface area contributed by atoms with Crippen LogP contribution in [-0.2, 0) is 4.79 Å². The van der Waals surface area contributed by atoms with E-state index in [2.05, 4.69) is 10.7 Å². The Hall–Kier alpha value is -2.58. The van der Waals surface area contributed by atoms with Crippen molar-refractivity contribution in [1.82, 2.24) is 10.4 Å². The summed E-state index contributed by atoms with van der Waals surface area (Å²) in [7, 11) is 0. The molecule has 8 heteroatoms. The van der Waals surface area contributed by atoms with Crippen LogP contribution in [0, 0.1) is 0 Å². The van der Waals surface area contributed by atoms with Gasteiger partial charge in [-0.3, -0.25) is 10.2 Å². The topological polar surface area (TPSA) is 84.5 Å². The van der Waals surface area contributed by atoms with Gasteiger partial charge in [-0.1, -0.05) is 42.5 Å². The zero-order chi connectivity index (χ0) is 17.8. The lowest BCUT2D eigenvalue weighted by Gasteiger charge is -2.27. The van der Waals surface area contributed by atoms with Crippen molar-refractivity contribution < 1.29 is 14.7 Å². The summed E-state index contributed by atoms with van der Waals surface area (Å²) in [5.74, 6) is -1.23. The minimum Gasteiger partial charge on any atom is -0.545 e. The maximum absolute atomic E-state index is 12.2. The second-order valence-corrected chi connectivity index (χ2v) is 6.71. The average molecular weight is 372 g/mol. The predicted molar refractivity (Wildman–Crippen MR) is 98.6 cm³/mol. The highest BCUT2D eigenvalue weighted by Gasteiger charge is 2.35. The molecular formula is C17H14N3O3S2-. The molecule has 0 aromatic heterocycles. The van der Waals surface area contributed by atoms with Gasteiger partial charge in [0.05, 0.1) is 11.7 Å². The lowest BCUT2D eigenvalue weighted by atomic mass is 10.1. The maximum atomic E-state index is 12.2. The summed E-state index contributed by atoms with van der Waals surface area (Å²) in [6.45, 7) is 0. The first kappa shape index (κ1) is 17.2. The number of nitrogens with zero attached hydrogens (tertiary/aromatic N) is 1. The minimum atomic E-state index is -1.28. The number of nitrogens with one attached hydrogen (secondary N) is 2. The highest BCUT2D eigenvalue weighted by molar-refractivity contribution is 8.00. The molecule has 0 saturated carbocycles. The number of carbonyl (C=O) groups excluding carboxylic acids is 2. The van der Waals surface area contributed by atoms with Crippen LogP contribution < -0.4 is 15.8 Å². The zero-order valence-electron chi connectivity index (χ0n) is 13.0. The Morgan fingerprint density at radius 2 is 1.84 bits per heavy atom. The molecule has 128 valence electrons. The number of anilines is 1. The number of carboxylic acid groups (broad SMARTS) is 1. The molecule has 3 rings (SSSR count). The van der Waals surface area contributed by atoms with E-state index in [1.807, 2.05) is 30.3 Å². The van der Waals surface area contributed by atoms with Crippen molar-refractivity contribution >= 4 is 46.7 Å². The van der Waals surface area contributed by atoms with Crippen LogP contribution in [0.1, 0.15) is 21.3 Å². The lowest BCUT2D eigenvalue weighted by molar-refractivity contribution is -0.255. The van der Waals surface area contributed by atoms with Gasteiger partial charge in [0.25, 0.3) is 5.91 Å². The molecule has 0 spiro atoms. The molecule has 25 heavy (non-hydrogen) atoms. The van der Waals surface area contributed by atoms with Crippen LogP contribution in [0.15, 0.2) is 54.6 Å². The van der Waals surface area contributed by atoms with Crippen molar-refractivity contribution in [3.8, 4) is 0 Å². The number of amides is 1. The molecule has 1 aliphatic heterocycles. The van der Waals surface area contributed by atoms with Gasteiger partial charge >= 0.3 is 0 Å².